The van der Waals surface area contributed by atoms with E-state index in [0.717, 1.165) is 18.4 Å². The van der Waals surface area contributed by atoms with Gasteiger partial charge in [-0.25, -0.2) is 0 Å². The van der Waals surface area contributed by atoms with E-state index in [1.54, 1.807) is 18.9 Å². The number of rotatable bonds is 7. The predicted molar refractivity (Wildman–Crippen MR) is 85.2 cm³/mol. The number of aliphatic hydroxyl groups is 1. The van der Waals surface area contributed by atoms with Crippen LogP contribution in [-0.2, 0) is 11.2 Å². The zero-order valence-corrected chi connectivity index (χ0v) is 12.8. The predicted octanol–water partition coefficient (Wildman–Crippen LogP) is 2.72. The van der Waals surface area contributed by atoms with Gasteiger partial charge < -0.3 is 15.0 Å². The summed E-state index contributed by atoms with van der Waals surface area (Å²) in [6.07, 6.45) is 4.61. The van der Waals surface area contributed by atoms with E-state index in [0.29, 0.717) is 19.4 Å². The van der Waals surface area contributed by atoms with Crippen molar-refractivity contribution in [3.8, 4) is 0 Å². The van der Waals surface area contributed by atoms with Crippen molar-refractivity contribution in [3.05, 3.63) is 36.0 Å². The average Bonchev–Trinajstić information content (AvgIpc) is 2.88. The molecule has 1 unspecified atom stereocenters. The van der Waals surface area contributed by atoms with Gasteiger partial charge in [0, 0.05) is 37.1 Å². The van der Waals surface area contributed by atoms with Gasteiger partial charge in [0.25, 0.3) is 0 Å². The van der Waals surface area contributed by atoms with E-state index in [-0.39, 0.29) is 12.0 Å². The molecule has 0 aliphatic rings. The zero-order chi connectivity index (χ0) is 15.2. The van der Waals surface area contributed by atoms with Crippen LogP contribution in [-0.4, -0.2) is 40.6 Å². The molecule has 2 rings (SSSR count). The molecule has 0 aliphatic heterocycles. The highest BCUT2D eigenvalue weighted by Gasteiger charge is 2.10. The lowest BCUT2D eigenvalue weighted by atomic mass is 10.1. The first-order valence-electron chi connectivity index (χ1n) is 7.55. The summed E-state index contributed by atoms with van der Waals surface area (Å²) in [6, 6.07) is 8.23. The highest BCUT2D eigenvalue weighted by molar-refractivity contribution is 5.83. The molecule has 1 amide bonds. The van der Waals surface area contributed by atoms with Crippen molar-refractivity contribution in [2.45, 2.75) is 38.7 Å². The molecule has 2 N–H and O–H groups in total. The molecular weight excluding hydrogens is 264 g/mol. The molecule has 21 heavy (non-hydrogen) atoms. The number of amides is 1. The molecule has 1 aromatic carbocycles. The minimum absolute atomic E-state index is 0.149. The largest absolute Gasteiger partial charge is 0.393 e. The maximum absolute atomic E-state index is 12.0. The van der Waals surface area contributed by atoms with E-state index in [1.807, 2.05) is 18.3 Å². The van der Waals surface area contributed by atoms with Gasteiger partial charge in [-0.2, -0.15) is 0 Å². The molecule has 4 heteroatoms. The summed E-state index contributed by atoms with van der Waals surface area (Å²) in [5.41, 5.74) is 2.41. The highest BCUT2D eigenvalue weighted by Crippen LogP contribution is 2.19. The fraction of sp³-hybridized carbons (Fsp3) is 0.471. The number of aliphatic hydroxyl groups excluding tert-OH is 1. The Morgan fingerprint density at radius 1 is 1.38 bits per heavy atom. The van der Waals surface area contributed by atoms with Crippen LogP contribution in [0.25, 0.3) is 10.9 Å². The fourth-order valence-corrected chi connectivity index (χ4v) is 2.46. The van der Waals surface area contributed by atoms with Crippen LogP contribution in [0.2, 0.25) is 0 Å². The van der Waals surface area contributed by atoms with Crippen LogP contribution in [0.4, 0.5) is 0 Å². The summed E-state index contributed by atoms with van der Waals surface area (Å²) in [5.74, 6) is 0.149. The minimum Gasteiger partial charge on any atom is -0.393 e. The topological polar surface area (TPSA) is 56.3 Å². The van der Waals surface area contributed by atoms with E-state index in [9.17, 15) is 9.90 Å². The molecule has 0 spiro atoms. The Hall–Kier alpha value is -1.81. The number of benzene rings is 1. The molecule has 0 radical (unpaired) electrons. The fourth-order valence-electron chi connectivity index (χ4n) is 2.46. The molecule has 1 atom stereocenters. The third kappa shape index (κ3) is 4.33. The van der Waals surface area contributed by atoms with E-state index < -0.39 is 0 Å². The summed E-state index contributed by atoms with van der Waals surface area (Å²) in [7, 11) is 1.80. The molecule has 1 aromatic heterocycles. The van der Waals surface area contributed by atoms with Gasteiger partial charge in [0.05, 0.1) is 6.10 Å². The van der Waals surface area contributed by atoms with Gasteiger partial charge in [0.2, 0.25) is 5.91 Å². The number of hydrogen-bond acceptors (Lipinski definition) is 2. The lowest BCUT2D eigenvalue weighted by molar-refractivity contribution is -0.130. The number of H-pyrrole nitrogens is 1. The summed E-state index contributed by atoms with van der Waals surface area (Å²) < 4.78 is 0. The van der Waals surface area contributed by atoms with Gasteiger partial charge >= 0.3 is 0 Å². The zero-order valence-electron chi connectivity index (χ0n) is 12.8. The molecule has 114 valence electrons. The first kappa shape index (κ1) is 15.6. The number of carbonyl (C=O) groups is 1. The second-order valence-corrected chi connectivity index (χ2v) is 5.67. The molecule has 0 fully saturated rings. The molecule has 0 saturated heterocycles. The van der Waals surface area contributed by atoms with Gasteiger partial charge in [-0.15, -0.1) is 0 Å². The maximum atomic E-state index is 12.0. The molecule has 2 aromatic rings. The van der Waals surface area contributed by atoms with Gasteiger partial charge in [-0.3, -0.25) is 4.79 Å². The first-order valence-corrected chi connectivity index (χ1v) is 7.55. The minimum atomic E-state index is -0.355. The molecule has 4 nitrogen and oxygen atoms in total. The first-order chi connectivity index (χ1) is 10.1. The number of nitrogens with one attached hydrogen (secondary N) is 1. The molecule has 0 bridgehead atoms. The van der Waals surface area contributed by atoms with Crippen LogP contribution in [0.1, 0.15) is 31.7 Å². The third-order valence-corrected chi connectivity index (χ3v) is 3.82. The standard InChI is InChI=1S/C17H24N2O2/c1-13(20)10-11-19(2)17(21)9-5-6-14-12-18-16-8-4-3-7-15(14)16/h3-4,7-8,12-13,18,20H,5-6,9-11H2,1-2H3. The monoisotopic (exact) mass is 288 g/mol. The quantitative estimate of drug-likeness (QED) is 0.823. The van der Waals surface area contributed by atoms with E-state index in [2.05, 4.69) is 17.1 Å². The van der Waals surface area contributed by atoms with Crippen molar-refractivity contribution in [1.29, 1.82) is 0 Å². The van der Waals surface area contributed by atoms with Crippen molar-refractivity contribution in [3.63, 3.8) is 0 Å². The van der Waals surface area contributed by atoms with Crippen LogP contribution in [0.5, 0.6) is 0 Å². The lowest BCUT2D eigenvalue weighted by Crippen LogP contribution is -2.29. The van der Waals surface area contributed by atoms with E-state index in [1.165, 1.54) is 10.9 Å². The Labute approximate surface area is 125 Å². The Morgan fingerprint density at radius 3 is 2.90 bits per heavy atom. The smallest absolute Gasteiger partial charge is 0.222 e. The Kier molecular flexibility index (Phi) is 5.39. The lowest BCUT2D eigenvalue weighted by Gasteiger charge is -2.17. The maximum Gasteiger partial charge on any atom is 0.222 e. The number of nitrogens with zero attached hydrogens (tertiary/aromatic N) is 1. The number of fused-ring (bicyclic) bond motifs is 1. The van der Waals surface area contributed by atoms with Crippen LogP contribution in [0, 0.1) is 0 Å². The van der Waals surface area contributed by atoms with Crippen molar-refractivity contribution >= 4 is 16.8 Å². The number of aryl methyl sites for hydroxylation is 1. The van der Waals surface area contributed by atoms with Crippen LogP contribution >= 0.6 is 0 Å². The Bertz CT molecular complexity index is 589. The number of aromatic amines is 1. The van der Waals surface area contributed by atoms with Gasteiger partial charge in [-0.1, -0.05) is 18.2 Å². The summed E-state index contributed by atoms with van der Waals surface area (Å²) in [5, 5.41) is 10.5. The van der Waals surface area contributed by atoms with Crippen molar-refractivity contribution in [2.24, 2.45) is 0 Å². The number of carbonyl (C=O) groups excluding carboxylic acids is 1. The number of hydrogen-bond donors (Lipinski definition) is 2. The third-order valence-electron chi connectivity index (χ3n) is 3.82. The normalized spacial score (nSPS) is 12.5. The van der Waals surface area contributed by atoms with Gasteiger partial charge in [0.15, 0.2) is 0 Å². The summed E-state index contributed by atoms with van der Waals surface area (Å²) in [6.45, 7) is 2.36. The van der Waals surface area contributed by atoms with Crippen LogP contribution < -0.4 is 0 Å². The second kappa shape index (κ2) is 7.27. The van der Waals surface area contributed by atoms with Crippen LogP contribution in [0.3, 0.4) is 0 Å². The molecule has 0 saturated carbocycles. The summed E-state index contributed by atoms with van der Waals surface area (Å²) in [4.78, 5) is 17.0. The van der Waals surface area contributed by atoms with Gasteiger partial charge in [-0.05, 0) is 37.8 Å². The number of para-hydroxylation sites is 1. The van der Waals surface area contributed by atoms with Crippen molar-refractivity contribution in [2.75, 3.05) is 13.6 Å². The van der Waals surface area contributed by atoms with Crippen molar-refractivity contribution in [1.82, 2.24) is 9.88 Å². The molecular formula is C17H24N2O2. The molecule has 1 heterocycles. The van der Waals surface area contributed by atoms with Gasteiger partial charge in [0.1, 0.15) is 0 Å². The van der Waals surface area contributed by atoms with E-state index >= 15 is 0 Å². The average molecular weight is 288 g/mol. The molecule has 0 aliphatic carbocycles. The van der Waals surface area contributed by atoms with E-state index in [4.69, 9.17) is 0 Å². The van der Waals surface area contributed by atoms with Crippen LogP contribution in [0.15, 0.2) is 30.5 Å². The summed E-state index contributed by atoms with van der Waals surface area (Å²) >= 11 is 0. The van der Waals surface area contributed by atoms with Crippen molar-refractivity contribution < 1.29 is 9.90 Å². The Morgan fingerprint density at radius 2 is 2.14 bits per heavy atom. The Balaban J connectivity index is 1.80. The highest BCUT2D eigenvalue weighted by atomic mass is 16.3. The second-order valence-electron chi connectivity index (χ2n) is 5.67. The number of aromatic nitrogens is 1. The SMILES string of the molecule is CC(O)CCN(C)C(=O)CCCc1c[nH]c2ccccc12.